The summed E-state index contributed by atoms with van der Waals surface area (Å²) in [7, 11) is 1.59. The van der Waals surface area contributed by atoms with Gasteiger partial charge >= 0.3 is 5.97 Å². The molecule has 0 aliphatic heterocycles. The normalized spacial score (nSPS) is 10.2. The predicted octanol–water partition coefficient (Wildman–Crippen LogP) is 3.85. The number of halogens is 1. The molecule has 0 saturated carbocycles. The molecule has 132 valence electrons. The van der Waals surface area contributed by atoms with Crippen LogP contribution in [-0.2, 0) is 20.7 Å². The van der Waals surface area contributed by atoms with Crippen molar-refractivity contribution in [3.05, 3.63) is 59.1 Å². The first kappa shape index (κ1) is 18.8. The minimum atomic E-state index is -0.321. The van der Waals surface area contributed by atoms with Crippen LogP contribution in [0, 0.1) is 0 Å². The zero-order valence-corrected chi connectivity index (χ0v) is 14.7. The zero-order valence-electron chi connectivity index (χ0n) is 14.0. The number of benzene rings is 2. The van der Waals surface area contributed by atoms with Gasteiger partial charge in [-0.25, -0.2) is 0 Å². The third kappa shape index (κ3) is 6.85. The standard InChI is InChI=1S/C19H20ClNO4/c1-24-17-10-8-16(9-11-17)21-18(22)3-2-12-25-19(23)13-14-4-6-15(20)7-5-14/h4-11H,2-3,12-13H2,1H3,(H,21,22). The van der Waals surface area contributed by atoms with Gasteiger partial charge in [0.25, 0.3) is 0 Å². The summed E-state index contributed by atoms with van der Waals surface area (Å²) in [5, 5.41) is 3.40. The van der Waals surface area contributed by atoms with Gasteiger partial charge in [-0.3, -0.25) is 9.59 Å². The molecule has 0 aliphatic rings. The fourth-order valence-electron chi connectivity index (χ4n) is 2.14. The van der Waals surface area contributed by atoms with E-state index in [2.05, 4.69) is 5.32 Å². The second-order valence-corrected chi connectivity index (χ2v) is 5.84. The fraction of sp³-hybridized carbons (Fsp3) is 0.263. The SMILES string of the molecule is COc1ccc(NC(=O)CCCOC(=O)Cc2ccc(Cl)cc2)cc1. The summed E-state index contributed by atoms with van der Waals surface area (Å²) in [4.78, 5) is 23.6. The number of esters is 1. The average molecular weight is 362 g/mol. The Balaban J connectivity index is 1.63. The molecule has 6 heteroatoms. The van der Waals surface area contributed by atoms with Gasteiger partial charge in [0.2, 0.25) is 5.91 Å². The number of rotatable bonds is 8. The van der Waals surface area contributed by atoms with Gasteiger partial charge in [-0.1, -0.05) is 23.7 Å². The van der Waals surface area contributed by atoms with Crippen molar-refractivity contribution >= 4 is 29.2 Å². The number of hydrogen-bond donors (Lipinski definition) is 1. The van der Waals surface area contributed by atoms with Crippen molar-refractivity contribution < 1.29 is 19.1 Å². The van der Waals surface area contributed by atoms with Crippen LogP contribution in [0.15, 0.2) is 48.5 Å². The third-order valence-electron chi connectivity index (χ3n) is 3.45. The Morgan fingerprint density at radius 1 is 1.04 bits per heavy atom. The Morgan fingerprint density at radius 2 is 1.72 bits per heavy atom. The molecule has 0 aromatic heterocycles. The number of nitrogens with one attached hydrogen (secondary N) is 1. The molecule has 1 N–H and O–H groups in total. The minimum absolute atomic E-state index is 0.126. The van der Waals surface area contributed by atoms with Gasteiger partial charge in [-0.2, -0.15) is 0 Å². The first-order chi connectivity index (χ1) is 12.1. The Morgan fingerprint density at radius 3 is 2.36 bits per heavy atom. The van der Waals surface area contributed by atoms with Crippen LogP contribution in [0.5, 0.6) is 5.75 Å². The van der Waals surface area contributed by atoms with E-state index in [1.165, 1.54) is 0 Å². The van der Waals surface area contributed by atoms with Crippen LogP contribution in [0.25, 0.3) is 0 Å². The second-order valence-electron chi connectivity index (χ2n) is 5.40. The van der Waals surface area contributed by atoms with Crippen LogP contribution < -0.4 is 10.1 Å². The molecule has 0 saturated heterocycles. The average Bonchev–Trinajstić information content (AvgIpc) is 2.61. The quantitative estimate of drug-likeness (QED) is 0.573. The van der Waals surface area contributed by atoms with E-state index in [1.807, 2.05) is 0 Å². The molecule has 0 unspecified atom stereocenters. The van der Waals surface area contributed by atoms with Gasteiger partial charge in [-0.05, 0) is 48.4 Å². The molecular formula is C19H20ClNO4. The highest BCUT2D eigenvalue weighted by Gasteiger charge is 2.07. The highest BCUT2D eigenvalue weighted by molar-refractivity contribution is 6.30. The largest absolute Gasteiger partial charge is 0.497 e. The Bertz CT molecular complexity index is 698. The zero-order chi connectivity index (χ0) is 18.1. The summed E-state index contributed by atoms with van der Waals surface area (Å²) in [5.74, 6) is 0.280. The molecule has 0 fully saturated rings. The Kier molecular flexibility index (Phi) is 7.29. The van der Waals surface area contributed by atoms with E-state index >= 15 is 0 Å². The van der Waals surface area contributed by atoms with Gasteiger partial charge in [0.15, 0.2) is 0 Å². The summed E-state index contributed by atoms with van der Waals surface area (Å²) in [6.45, 7) is 0.211. The van der Waals surface area contributed by atoms with E-state index in [1.54, 1.807) is 55.6 Å². The molecule has 2 aromatic carbocycles. The van der Waals surface area contributed by atoms with Crippen LogP contribution in [0.3, 0.4) is 0 Å². The lowest BCUT2D eigenvalue weighted by Gasteiger charge is -2.07. The first-order valence-electron chi connectivity index (χ1n) is 7.91. The van der Waals surface area contributed by atoms with Gasteiger partial charge in [0.05, 0.1) is 20.1 Å². The maximum absolute atomic E-state index is 11.8. The van der Waals surface area contributed by atoms with Crippen molar-refractivity contribution in [1.82, 2.24) is 0 Å². The third-order valence-corrected chi connectivity index (χ3v) is 3.70. The van der Waals surface area contributed by atoms with Crippen LogP contribution >= 0.6 is 11.6 Å². The van der Waals surface area contributed by atoms with Gasteiger partial charge in [0.1, 0.15) is 5.75 Å². The number of carbonyl (C=O) groups excluding carboxylic acids is 2. The topological polar surface area (TPSA) is 64.6 Å². The van der Waals surface area contributed by atoms with Crippen LogP contribution in [0.2, 0.25) is 5.02 Å². The Hall–Kier alpha value is -2.53. The van der Waals surface area contributed by atoms with E-state index in [9.17, 15) is 9.59 Å². The van der Waals surface area contributed by atoms with Crippen LogP contribution in [-0.4, -0.2) is 25.6 Å². The Labute approximate surface area is 151 Å². The molecule has 5 nitrogen and oxygen atoms in total. The molecule has 0 bridgehead atoms. The molecule has 0 heterocycles. The van der Waals surface area contributed by atoms with Crippen LogP contribution in [0.4, 0.5) is 5.69 Å². The lowest BCUT2D eigenvalue weighted by molar-refractivity contribution is -0.143. The smallest absolute Gasteiger partial charge is 0.310 e. The highest BCUT2D eigenvalue weighted by Crippen LogP contribution is 2.15. The molecule has 0 atom stereocenters. The number of amides is 1. The molecule has 0 aliphatic carbocycles. The highest BCUT2D eigenvalue weighted by atomic mass is 35.5. The number of ether oxygens (including phenoxy) is 2. The molecule has 2 aromatic rings. The molecule has 2 rings (SSSR count). The van der Waals surface area contributed by atoms with Crippen molar-refractivity contribution in [3.8, 4) is 5.75 Å². The lowest BCUT2D eigenvalue weighted by atomic mass is 10.1. The monoisotopic (exact) mass is 361 g/mol. The summed E-state index contributed by atoms with van der Waals surface area (Å²) in [5.41, 5.74) is 1.54. The van der Waals surface area contributed by atoms with E-state index < -0.39 is 0 Å². The predicted molar refractivity (Wildman–Crippen MR) is 97.0 cm³/mol. The summed E-state index contributed by atoms with van der Waals surface area (Å²) in [6, 6.07) is 14.1. The number of methoxy groups -OCH3 is 1. The van der Waals surface area contributed by atoms with Gasteiger partial charge < -0.3 is 14.8 Å². The summed E-state index contributed by atoms with van der Waals surface area (Å²) >= 11 is 5.79. The number of hydrogen-bond acceptors (Lipinski definition) is 4. The van der Waals surface area contributed by atoms with Gasteiger partial charge in [0, 0.05) is 17.1 Å². The van der Waals surface area contributed by atoms with Crippen molar-refractivity contribution in [2.24, 2.45) is 0 Å². The van der Waals surface area contributed by atoms with Crippen molar-refractivity contribution in [2.45, 2.75) is 19.3 Å². The second kappa shape index (κ2) is 9.69. The minimum Gasteiger partial charge on any atom is -0.497 e. The van der Waals surface area contributed by atoms with E-state index in [4.69, 9.17) is 21.1 Å². The van der Waals surface area contributed by atoms with Crippen LogP contribution in [0.1, 0.15) is 18.4 Å². The maximum atomic E-state index is 11.8. The van der Waals surface area contributed by atoms with Crippen molar-refractivity contribution in [3.63, 3.8) is 0 Å². The van der Waals surface area contributed by atoms with E-state index in [0.717, 1.165) is 11.3 Å². The van der Waals surface area contributed by atoms with Crippen molar-refractivity contribution in [2.75, 3.05) is 19.0 Å². The van der Waals surface area contributed by atoms with E-state index in [-0.39, 0.29) is 31.3 Å². The van der Waals surface area contributed by atoms with Crippen molar-refractivity contribution in [1.29, 1.82) is 0 Å². The number of carbonyl (C=O) groups is 2. The van der Waals surface area contributed by atoms with Gasteiger partial charge in [-0.15, -0.1) is 0 Å². The molecular weight excluding hydrogens is 342 g/mol. The maximum Gasteiger partial charge on any atom is 0.310 e. The molecule has 1 amide bonds. The van der Waals surface area contributed by atoms with E-state index in [0.29, 0.717) is 17.1 Å². The molecule has 0 radical (unpaired) electrons. The molecule has 0 spiro atoms. The first-order valence-corrected chi connectivity index (χ1v) is 8.28. The molecule has 25 heavy (non-hydrogen) atoms. The fourth-order valence-corrected chi connectivity index (χ4v) is 2.26. The number of anilines is 1. The summed E-state index contributed by atoms with van der Waals surface area (Å²) < 4.78 is 10.2. The summed E-state index contributed by atoms with van der Waals surface area (Å²) in [6.07, 6.45) is 0.934. The lowest BCUT2D eigenvalue weighted by Crippen LogP contribution is -2.14.